The molecule has 40 heavy (non-hydrogen) atoms. The minimum absolute atomic E-state index is 0.0108. The van der Waals surface area contributed by atoms with Crippen molar-refractivity contribution in [3.05, 3.63) is 72.6 Å². The molecule has 1 fully saturated rings. The number of aromatic nitrogens is 4. The Morgan fingerprint density at radius 1 is 1.05 bits per heavy atom. The Morgan fingerprint density at radius 3 is 2.40 bits per heavy atom. The quantitative estimate of drug-likeness (QED) is 0.347. The van der Waals surface area contributed by atoms with E-state index >= 15 is 0 Å². The van der Waals surface area contributed by atoms with Gasteiger partial charge in [-0.3, -0.25) is 19.3 Å². The van der Waals surface area contributed by atoms with Gasteiger partial charge in [-0.1, -0.05) is 23.8 Å². The molecule has 4 aromatic rings. The molecule has 2 heterocycles. The highest BCUT2D eigenvalue weighted by Crippen LogP contribution is 2.32. The first-order chi connectivity index (χ1) is 19.1. The molecule has 10 nitrogen and oxygen atoms in total. The third kappa shape index (κ3) is 5.90. The average molecular weight is 542 g/mol. The number of aryl methyl sites for hydroxylation is 1. The van der Waals surface area contributed by atoms with Crippen LogP contribution in [0.1, 0.15) is 51.6 Å². The number of carbonyl (C=O) groups excluding carboxylic acids is 3. The number of fused-ring (bicyclic) bond motifs is 1. The molecule has 0 saturated heterocycles. The van der Waals surface area contributed by atoms with Crippen LogP contribution in [0.25, 0.3) is 11.0 Å². The van der Waals surface area contributed by atoms with Gasteiger partial charge in [0.15, 0.2) is 0 Å². The van der Waals surface area contributed by atoms with Crippen LogP contribution in [0.4, 0.5) is 11.4 Å². The van der Waals surface area contributed by atoms with Gasteiger partial charge in [0.25, 0.3) is 0 Å². The summed E-state index contributed by atoms with van der Waals surface area (Å²) in [6, 6.07) is 15.4. The second kappa shape index (κ2) is 11.0. The van der Waals surface area contributed by atoms with Crippen LogP contribution in [-0.4, -0.2) is 42.8 Å². The van der Waals surface area contributed by atoms with Gasteiger partial charge in [0.2, 0.25) is 17.7 Å². The number of benzene rings is 2. The molecule has 1 saturated carbocycles. The monoisotopic (exact) mass is 541 g/mol. The van der Waals surface area contributed by atoms with E-state index in [1.807, 2.05) is 75.1 Å². The van der Waals surface area contributed by atoms with Crippen molar-refractivity contribution in [3.63, 3.8) is 0 Å². The summed E-state index contributed by atoms with van der Waals surface area (Å²) in [7, 11) is 1.87. The fraction of sp³-hybridized carbons (Fsp3) is 0.367. The zero-order chi connectivity index (χ0) is 28.4. The summed E-state index contributed by atoms with van der Waals surface area (Å²) >= 11 is 0. The first kappa shape index (κ1) is 27.1. The Bertz CT molecular complexity index is 1530. The Hall–Kier alpha value is -4.47. The van der Waals surface area contributed by atoms with Crippen molar-refractivity contribution in [2.45, 2.75) is 58.2 Å². The molecule has 208 valence electrons. The second-order valence-electron chi connectivity index (χ2n) is 11.4. The summed E-state index contributed by atoms with van der Waals surface area (Å²) in [6.45, 7) is 5.59. The molecule has 1 aliphatic rings. The van der Waals surface area contributed by atoms with Crippen molar-refractivity contribution in [2.24, 2.45) is 13.0 Å². The first-order valence-electron chi connectivity index (χ1n) is 13.5. The van der Waals surface area contributed by atoms with E-state index in [4.69, 9.17) is 0 Å². The van der Waals surface area contributed by atoms with Crippen LogP contribution in [0.3, 0.4) is 0 Å². The number of carbonyl (C=O) groups is 3. The predicted molar refractivity (Wildman–Crippen MR) is 153 cm³/mol. The lowest BCUT2D eigenvalue weighted by atomic mass is 9.85. The molecule has 1 unspecified atom stereocenters. The van der Waals surface area contributed by atoms with Gasteiger partial charge in [0.1, 0.15) is 18.1 Å². The smallest absolute Gasteiger partial charge is 0.249 e. The van der Waals surface area contributed by atoms with E-state index in [9.17, 15) is 14.4 Å². The SMILES string of the molecule is Cn1ccc(C(C(=O)NC(C)(C)C)N(C(=O)Cn2nnc3ccccc32)c2ccc(NC(=O)C3CCC3)cc2)c1. The third-order valence-electron chi connectivity index (χ3n) is 7.04. The van der Waals surface area contributed by atoms with Gasteiger partial charge in [-0.15, -0.1) is 5.10 Å². The van der Waals surface area contributed by atoms with Crippen LogP contribution in [0.2, 0.25) is 0 Å². The van der Waals surface area contributed by atoms with Gasteiger partial charge in [-0.25, -0.2) is 4.68 Å². The van der Waals surface area contributed by atoms with Crippen LogP contribution < -0.4 is 15.5 Å². The number of hydrogen-bond acceptors (Lipinski definition) is 5. The van der Waals surface area contributed by atoms with Crippen LogP contribution >= 0.6 is 0 Å². The van der Waals surface area contributed by atoms with Gasteiger partial charge >= 0.3 is 0 Å². The van der Waals surface area contributed by atoms with Crippen molar-refractivity contribution in [2.75, 3.05) is 10.2 Å². The molecule has 2 N–H and O–H groups in total. The molecule has 0 radical (unpaired) electrons. The second-order valence-corrected chi connectivity index (χ2v) is 11.4. The summed E-state index contributed by atoms with van der Waals surface area (Å²) in [5.41, 5.74) is 2.72. The van der Waals surface area contributed by atoms with E-state index in [1.165, 1.54) is 4.90 Å². The molecule has 5 rings (SSSR count). The van der Waals surface area contributed by atoms with Gasteiger partial charge in [-0.05, 0) is 76.1 Å². The minimum Gasteiger partial charge on any atom is -0.357 e. The van der Waals surface area contributed by atoms with Crippen molar-refractivity contribution in [3.8, 4) is 0 Å². The van der Waals surface area contributed by atoms with Crippen LogP contribution in [0.15, 0.2) is 67.0 Å². The zero-order valence-electron chi connectivity index (χ0n) is 23.3. The lowest BCUT2D eigenvalue weighted by Gasteiger charge is -2.33. The van der Waals surface area contributed by atoms with Crippen LogP contribution in [0, 0.1) is 5.92 Å². The summed E-state index contributed by atoms with van der Waals surface area (Å²) in [5.74, 6) is -0.576. The van der Waals surface area contributed by atoms with Crippen molar-refractivity contribution in [1.29, 1.82) is 0 Å². The highest BCUT2D eigenvalue weighted by molar-refractivity contribution is 6.02. The van der Waals surface area contributed by atoms with Crippen LogP contribution in [-0.2, 0) is 28.0 Å². The summed E-state index contributed by atoms with van der Waals surface area (Å²) in [5, 5.41) is 14.4. The number of anilines is 2. The Kier molecular flexibility index (Phi) is 7.42. The highest BCUT2D eigenvalue weighted by atomic mass is 16.2. The van der Waals surface area contributed by atoms with Gasteiger partial charge in [0, 0.05) is 47.8 Å². The lowest BCUT2D eigenvalue weighted by molar-refractivity contribution is -0.128. The molecule has 0 bridgehead atoms. The van der Waals surface area contributed by atoms with E-state index in [1.54, 1.807) is 28.9 Å². The molecule has 3 amide bonds. The molecule has 1 aliphatic carbocycles. The maximum Gasteiger partial charge on any atom is 0.249 e. The largest absolute Gasteiger partial charge is 0.357 e. The lowest BCUT2D eigenvalue weighted by Crippen LogP contribution is -2.50. The maximum atomic E-state index is 14.1. The molecule has 0 aliphatic heterocycles. The third-order valence-corrected chi connectivity index (χ3v) is 7.04. The van der Waals surface area contributed by atoms with Crippen molar-refractivity contribution in [1.82, 2.24) is 24.9 Å². The summed E-state index contributed by atoms with van der Waals surface area (Å²) < 4.78 is 3.39. The number of nitrogens with one attached hydrogen (secondary N) is 2. The molecule has 2 aromatic heterocycles. The zero-order valence-corrected chi connectivity index (χ0v) is 23.3. The number of hydrogen-bond donors (Lipinski definition) is 2. The standard InChI is InChI=1S/C30H35N7O3/c1-30(2,3)32-29(40)27(21-16-17-35(4)18-21)37(26(38)19-36-25-11-6-5-10-24(25)33-34-36)23-14-12-22(13-15-23)31-28(39)20-8-7-9-20/h5-6,10-18,20,27H,7-9,19H2,1-4H3,(H,31,39)(H,32,40). The van der Waals surface area contributed by atoms with E-state index < -0.39 is 11.6 Å². The number of para-hydroxylation sites is 1. The predicted octanol–water partition coefficient (Wildman–Crippen LogP) is 4.20. The normalized spacial score (nSPS) is 14.4. The van der Waals surface area contributed by atoms with Gasteiger partial charge < -0.3 is 15.2 Å². The van der Waals surface area contributed by atoms with E-state index in [2.05, 4.69) is 20.9 Å². The van der Waals surface area contributed by atoms with Gasteiger partial charge in [-0.2, -0.15) is 0 Å². The van der Waals surface area contributed by atoms with E-state index in [-0.39, 0.29) is 30.2 Å². The Morgan fingerprint density at radius 2 is 1.77 bits per heavy atom. The Balaban J connectivity index is 1.52. The summed E-state index contributed by atoms with van der Waals surface area (Å²) in [6.07, 6.45) is 6.58. The molecule has 2 aromatic carbocycles. The molecular formula is C30H35N7O3. The average Bonchev–Trinajstić information content (AvgIpc) is 3.47. The molecular weight excluding hydrogens is 506 g/mol. The fourth-order valence-corrected chi connectivity index (χ4v) is 4.84. The van der Waals surface area contributed by atoms with E-state index in [0.29, 0.717) is 22.5 Å². The van der Waals surface area contributed by atoms with Crippen molar-refractivity contribution < 1.29 is 14.4 Å². The fourth-order valence-electron chi connectivity index (χ4n) is 4.84. The summed E-state index contributed by atoms with van der Waals surface area (Å²) in [4.78, 5) is 41.9. The molecule has 0 spiro atoms. The molecule has 10 heteroatoms. The van der Waals surface area contributed by atoms with Crippen molar-refractivity contribution >= 4 is 40.1 Å². The number of rotatable bonds is 8. The molecule has 1 atom stereocenters. The maximum absolute atomic E-state index is 14.1. The first-order valence-corrected chi connectivity index (χ1v) is 13.5. The highest BCUT2D eigenvalue weighted by Gasteiger charge is 2.35. The van der Waals surface area contributed by atoms with Gasteiger partial charge in [0.05, 0.1) is 5.52 Å². The number of amides is 3. The topological polar surface area (TPSA) is 114 Å². The Labute approximate surface area is 233 Å². The minimum atomic E-state index is -0.946. The van der Waals surface area contributed by atoms with Crippen LogP contribution in [0.5, 0.6) is 0 Å². The number of nitrogens with zero attached hydrogens (tertiary/aromatic N) is 5. The van der Waals surface area contributed by atoms with E-state index in [0.717, 1.165) is 24.8 Å².